The Morgan fingerprint density at radius 2 is 2.06 bits per heavy atom. The first-order chi connectivity index (χ1) is 15.5. The van der Waals surface area contributed by atoms with E-state index in [9.17, 15) is 9.59 Å². The molecule has 1 spiro atoms. The zero-order valence-electron chi connectivity index (χ0n) is 17.1. The van der Waals surface area contributed by atoms with Gasteiger partial charge < -0.3 is 5.32 Å². The van der Waals surface area contributed by atoms with Gasteiger partial charge in [0.1, 0.15) is 11.2 Å². The molecule has 4 heterocycles. The van der Waals surface area contributed by atoms with Gasteiger partial charge in [-0.25, -0.2) is 4.98 Å². The van der Waals surface area contributed by atoms with Gasteiger partial charge in [0.2, 0.25) is 16.9 Å². The lowest BCUT2D eigenvalue weighted by atomic mass is 9.71. The number of aryl methyl sites for hydroxylation is 1. The number of hydrogen-bond donors (Lipinski definition) is 1. The fourth-order valence-electron chi connectivity index (χ4n) is 4.75. The molecule has 32 heavy (non-hydrogen) atoms. The number of fused-ring (bicyclic) bond motifs is 5. The predicted octanol–water partition coefficient (Wildman–Crippen LogP) is 3.40. The summed E-state index contributed by atoms with van der Waals surface area (Å²) >= 11 is 1.47. The average Bonchev–Trinajstić information content (AvgIpc) is 3.45. The number of carbonyl (C=O) groups excluding carboxylic acids is 2. The van der Waals surface area contributed by atoms with Crippen LogP contribution in [0.15, 0.2) is 48.7 Å². The van der Waals surface area contributed by atoms with Crippen LogP contribution in [0.4, 0.5) is 11.5 Å². The number of nitrogens with zero attached hydrogens (tertiary/aromatic N) is 4. The van der Waals surface area contributed by atoms with E-state index in [-0.39, 0.29) is 24.8 Å². The van der Waals surface area contributed by atoms with Gasteiger partial charge in [-0.2, -0.15) is 9.78 Å². The van der Waals surface area contributed by atoms with Crippen LogP contribution >= 0.6 is 11.3 Å². The summed E-state index contributed by atoms with van der Waals surface area (Å²) in [4.78, 5) is 33.1. The zero-order chi connectivity index (χ0) is 22.0. The molecule has 1 unspecified atom stereocenters. The molecule has 0 saturated carbocycles. The third-order valence-electron chi connectivity index (χ3n) is 6.14. The summed E-state index contributed by atoms with van der Waals surface area (Å²) < 4.78 is 2.63. The third-order valence-corrected chi connectivity index (χ3v) is 7.15. The zero-order valence-corrected chi connectivity index (χ0v) is 17.9. The number of thiazole rings is 1. The molecular weight excluding hydrogens is 422 g/mol. The first-order valence-electron chi connectivity index (χ1n) is 10.1. The van der Waals surface area contributed by atoms with Crippen molar-refractivity contribution in [3.05, 3.63) is 65.4 Å². The first kappa shape index (κ1) is 18.8. The molecule has 7 nitrogen and oxygen atoms in total. The SMILES string of the molecule is C#CCN1C(=O)C2(CC(=O)Nc3c2cnn3-c2nc3ccccc3s2)c2cc(C)ccc21. The Balaban J connectivity index is 1.60. The molecule has 0 saturated heterocycles. The smallest absolute Gasteiger partial charge is 0.243 e. The van der Waals surface area contributed by atoms with Crippen molar-refractivity contribution in [1.29, 1.82) is 0 Å². The molecule has 6 rings (SSSR count). The van der Waals surface area contributed by atoms with Crippen molar-refractivity contribution < 1.29 is 9.59 Å². The summed E-state index contributed by atoms with van der Waals surface area (Å²) in [5.74, 6) is 2.60. The molecule has 8 heteroatoms. The van der Waals surface area contributed by atoms with Crippen LogP contribution in [-0.4, -0.2) is 33.1 Å². The van der Waals surface area contributed by atoms with E-state index < -0.39 is 5.41 Å². The van der Waals surface area contributed by atoms with Crippen LogP contribution in [-0.2, 0) is 15.0 Å². The molecule has 4 aromatic rings. The Hall–Kier alpha value is -3.96. The Bertz CT molecular complexity index is 1460. The second-order valence-electron chi connectivity index (χ2n) is 8.03. The third kappa shape index (κ3) is 2.37. The normalized spacial score (nSPS) is 19.2. The molecule has 2 aromatic carbocycles. The molecule has 0 bridgehead atoms. The Kier molecular flexibility index (Phi) is 3.83. The summed E-state index contributed by atoms with van der Waals surface area (Å²) in [6.07, 6.45) is 7.24. The van der Waals surface area contributed by atoms with Crippen LogP contribution in [0, 0.1) is 19.3 Å². The van der Waals surface area contributed by atoms with Crippen molar-refractivity contribution in [3.63, 3.8) is 0 Å². The summed E-state index contributed by atoms with van der Waals surface area (Å²) in [6.45, 7) is 2.11. The highest BCUT2D eigenvalue weighted by Gasteiger charge is 2.57. The maximum absolute atomic E-state index is 13.8. The minimum atomic E-state index is -1.16. The second kappa shape index (κ2) is 6.52. The standard InChI is InChI=1S/C24H17N5O2S/c1-3-10-28-18-9-8-14(2)11-15(18)24(22(28)31)12-20(30)27-21-16(24)13-25-29(21)23-26-17-6-4-5-7-19(17)32-23/h1,4-9,11,13H,10,12H2,2H3,(H,27,30). The van der Waals surface area contributed by atoms with Gasteiger partial charge in [0.05, 0.1) is 23.0 Å². The monoisotopic (exact) mass is 439 g/mol. The summed E-state index contributed by atoms with van der Waals surface area (Å²) in [5, 5.41) is 8.11. The number of benzene rings is 2. The molecule has 1 N–H and O–H groups in total. The Morgan fingerprint density at radius 1 is 1.22 bits per heavy atom. The summed E-state index contributed by atoms with van der Waals surface area (Å²) in [5.41, 5.74) is 2.89. The van der Waals surface area contributed by atoms with Crippen LogP contribution in [0.25, 0.3) is 15.3 Å². The lowest BCUT2D eigenvalue weighted by Gasteiger charge is -2.32. The van der Waals surface area contributed by atoms with E-state index in [4.69, 9.17) is 6.42 Å². The number of nitrogens with one attached hydrogen (secondary N) is 1. The van der Waals surface area contributed by atoms with Crippen LogP contribution in [0.1, 0.15) is 23.1 Å². The van der Waals surface area contributed by atoms with Gasteiger partial charge in [-0.3, -0.25) is 14.5 Å². The van der Waals surface area contributed by atoms with Crippen molar-refractivity contribution in [2.75, 3.05) is 16.8 Å². The number of amides is 2. The minimum Gasteiger partial charge on any atom is -0.310 e. The van der Waals surface area contributed by atoms with E-state index in [1.165, 1.54) is 11.3 Å². The number of hydrogen-bond acceptors (Lipinski definition) is 5. The number of carbonyl (C=O) groups is 2. The number of terminal acetylenes is 1. The van der Waals surface area contributed by atoms with Crippen molar-refractivity contribution >= 4 is 44.9 Å². The molecule has 1 atom stereocenters. The molecule has 2 aromatic heterocycles. The Labute approximate surface area is 187 Å². The first-order valence-corrected chi connectivity index (χ1v) is 11.0. The van der Waals surface area contributed by atoms with Crippen LogP contribution in [0.5, 0.6) is 0 Å². The molecule has 0 radical (unpaired) electrons. The van der Waals surface area contributed by atoms with Gasteiger partial charge in [0.25, 0.3) is 0 Å². The van der Waals surface area contributed by atoms with Crippen molar-refractivity contribution in [1.82, 2.24) is 14.8 Å². The van der Waals surface area contributed by atoms with Gasteiger partial charge in [-0.05, 0) is 30.7 Å². The lowest BCUT2D eigenvalue weighted by Crippen LogP contribution is -2.46. The quantitative estimate of drug-likeness (QED) is 0.486. The molecule has 156 valence electrons. The van der Waals surface area contributed by atoms with E-state index in [1.807, 2.05) is 49.4 Å². The van der Waals surface area contributed by atoms with Gasteiger partial charge in [0, 0.05) is 17.7 Å². The van der Waals surface area contributed by atoms with E-state index in [1.54, 1.807) is 15.8 Å². The van der Waals surface area contributed by atoms with Crippen molar-refractivity contribution in [3.8, 4) is 17.5 Å². The highest BCUT2D eigenvalue weighted by molar-refractivity contribution is 7.20. The molecular formula is C24H17N5O2S. The van der Waals surface area contributed by atoms with Crippen molar-refractivity contribution in [2.45, 2.75) is 18.8 Å². The summed E-state index contributed by atoms with van der Waals surface area (Å²) in [7, 11) is 0. The lowest BCUT2D eigenvalue weighted by molar-refractivity contribution is -0.126. The summed E-state index contributed by atoms with van der Waals surface area (Å²) in [6, 6.07) is 13.6. The fourth-order valence-corrected chi connectivity index (χ4v) is 5.68. The highest BCUT2D eigenvalue weighted by Crippen LogP contribution is 2.52. The maximum Gasteiger partial charge on any atom is 0.243 e. The molecule has 2 aliphatic heterocycles. The van der Waals surface area contributed by atoms with Gasteiger partial charge >= 0.3 is 0 Å². The number of aromatic nitrogens is 3. The van der Waals surface area contributed by atoms with E-state index >= 15 is 0 Å². The van der Waals surface area contributed by atoms with Crippen molar-refractivity contribution in [2.24, 2.45) is 0 Å². The second-order valence-corrected chi connectivity index (χ2v) is 9.04. The predicted molar refractivity (Wildman–Crippen MR) is 123 cm³/mol. The topological polar surface area (TPSA) is 80.1 Å². The van der Waals surface area contributed by atoms with E-state index in [0.29, 0.717) is 16.5 Å². The molecule has 0 fully saturated rings. The fraction of sp³-hybridized carbons (Fsp3) is 0.167. The van der Waals surface area contributed by atoms with E-state index in [0.717, 1.165) is 27.0 Å². The minimum absolute atomic E-state index is 0.00188. The molecule has 2 amide bonds. The van der Waals surface area contributed by atoms with E-state index in [2.05, 4.69) is 21.3 Å². The Morgan fingerprint density at radius 3 is 2.88 bits per heavy atom. The van der Waals surface area contributed by atoms with Gasteiger partial charge in [-0.1, -0.05) is 47.1 Å². The molecule has 2 aliphatic rings. The maximum atomic E-state index is 13.8. The number of anilines is 2. The molecule has 0 aliphatic carbocycles. The van der Waals surface area contributed by atoms with Gasteiger partial charge in [-0.15, -0.1) is 6.42 Å². The number of rotatable bonds is 2. The van der Waals surface area contributed by atoms with Crippen LogP contribution in [0.3, 0.4) is 0 Å². The van der Waals surface area contributed by atoms with Crippen LogP contribution in [0.2, 0.25) is 0 Å². The highest BCUT2D eigenvalue weighted by atomic mass is 32.1. The van der Waals surface area contributed by atoms with Gasteiger partial charge in [0.15, 0.2) is 0 Å². The average molecular weight is 440 g/mol. The largest absolute Gasteiger partial charge is 0.310 e. The number of para-hydroxylation sites is 1. The van der Waals surface area contributed by atoms with Crippen LogP contribution < -0.4 is 10.2 Å².